The van der Waals surface area contributed by atoms with Crippen molar-refractivity contribution < 1.29 is 19.1 Å². The van der Waals surface area contributed by atoms with Crippen molar-refractivity contribution in [2.75, 3.05) is 6.61 Å². The summed E-state index contributed by atoms with van der Waals surface area (Å²) in [4.78, 5) is 23.9. The molecule has 0 aliphatic rings. The summed E-state index contributed by atoms with van der Waals surface area (Å²) in [5.74, 6) is -1.18. The first-order valence-corrected chi connectivity index (χ1v) is 6.88. The summed E-state index contributed by atoms with van der Waals surface area (Å²) in [5.41, 5.74) is -0.923. The standard InChI is InChI=1S/C15H19ClO4/c1-4-19-14(18)15(11(2)3,13(16)17)20-10-12-8-6-5-7-9-12/h5-9,11H,4,10H2,1-3H3/t15-/m0/s1. The van der Waals surface area contributed by atoms with Gasteiger partial charge in [0.2, 0.25) is 5.60 Å². The second-order valence-electron chi connectivity index (χ2n) is 4.66. The number of rotatable bonds is 7. The number of benzene rings is 1. The van der Waals surface area contributed by atoms with Crippen LogP contribution in [0.5, 0.6) is 0 Å². The molecule has 0 fully saturated rings. The zero-order valence-corrected chi connectivity index (χ0v) is 12.6. The predicted molar refractivity (Wildman–Crippen MR) is 76.3 cm³/mol. The summed E-state index contributed by atoms with van der Waals surface area (Å²) in [6.45, 7) is 5.33. The predicted octanol–water partition coefficient (Wildman–Crippen LogP) is 2.93. The Bertz CT molecular complexity index is 458. The third-order valence-electron chi connectivity index (χ3n) is 2.99. The van der Waals surface area contributed by atoms with E-state index in [1.165, 1.54) is 0 Å². The SMILES string of the molecule is CCOC(=O)[C@@](OCc1ccccc1)(C(=O)Cl)C(C)C. The Balaban J connectivity index is 2.98. The first-order chi connectivity index (χ1) is 9.45. The highest BCUT2D eigenvalue weighted by Gasteiger charge is 2.50. The molecule has 20 heavy (non-hydrogen) atoms. The van der Waals surface area contributed by atoms with E-state index in [1.807, 2.05) is 30.3 Å². The molecule has 0 amide bonds. The average Bonchev–Trinajstić information content (AvgIpc) is 2.40. The minimum absolute atomic E-state index is 0.107. The van der Waals surface area contributed by atoms with Crippen LogP contribution in [0.15, 0.2) is 30.3 Å². The Labute approximate surface area is 124 Å². The highest BCUT2D eigenvalue weighted by Crippen LogP contribution is 2.28. The molecule has 0 unspecified atom stereocenters. The molecule has 4 nitrogen and oxygen atoms in total. The van der Waals surface area contributed by atoms with Crippen LogP contribution in [0.2, 0.25) is 0 Å². The normalized spacial score (nSPS) is 13.8. The van der Waals surface area contributed by atoms with Gasteiger partial charge in [-0.3, -0.25) is 4.79 Å². The number of hydrogen-bond donors (Lipinski definition) is 0. The third-order valence-corrected chi connectivity index (χ3v) is 3.27. The van der Waals surface area contributed by atoms with E-state index in [4.69, 9.17) is 21.1 Å². The van der Waals surface area contributed by atoms with E-state index >= 15 is 0 Å². The Morgan fingerprint density at radius 3 is 2.30 bits per heavy atom. The van der Waals surface area contributed by atoms with Gasteiger partial charge in [-0.25, -0.2) is 4.79 Å². The minimum atomic E-state index is -1.77. The fourth-order valence-electron chi connectivity index (χ4n) is 1.83. The van der Waals surface area contributed by atoms with Crippen LogP contribution in [0.4, 0.5) is 0 Å². The molecule has 1 atom stereocenters. The molecule has 0 saturated carbocycles. The van der Waals surface area contributed by atoms with Gasteiger partial charge >= 0.3 is 5.97 Å². The maximum atomic E-state index is 12.1. The molecular formula is C15H19ClO4. The van der Waals surface area contributed by atoms with E-state index in [0.717, 1.165) is 5.56 Å². The molecule has 0 N–H and O–H groups in total. The van der Waals surface area contributed by atoms with Crippen molar-refractivity contribution in [1.82, 2.24) is 0 Å². The molecule has 0 aliphatic heterocycles. The fraction of sp³-hybridized carbons (Fsp3) is 0.467. The second-order valence-corrected chi connectivity index (χ2v) is 5.00. The van der Waals surface area contributed by atoms with Gasteiger partial charge in [-0.05, 0) is 24.1 Å². The van der Waals surface area contributed by atoms with Gasteiger partial charge in [0, 0.05) is 5.92 Å². The van der Waals surface area contributed by atoms with Crippen LogP contribution in [0.1, 0.15) is 26.3 Å². The van der Waals surface area contributed by atoms with Crippen LogP contribution in [-0.2, 0) is 25.7 Å². The van der Waals surface area contributed by atoms with Crippen LogP contribution >= 0.6 is 11.6 Å². The number of carbonyl (C=O) groups excluding carboxylic acids is 2. The van der Waals surface area contributed by atoms with E-state index in [2.05, 4.69) is 0 Å². The number of hydrogen-bond acceptors (Lipinski definition) is 4. The van der Waals surface area contributed by atoms with Crippen molar-refractivity contribution in [3.8, 4) is 0 Å². The van der Waals surface area contributed by atoms with Crippen molar-refractivity contribution in [2.45, 2.75) is 33.0 Å². The van der Waals surface area contributed by atoms with Gasteiger partial charge in [0.05, 0.1) is 13.2 Å². The Kier molecular flexibility index (Phi) is 6.17. The van der Waals surface area contributed by atoms with Crippen molar-refractivity contribution in [2.24, 2.45) is 5.92 Å². The quantitative estimate of drug-likeness (QED) is 0.441. The summed E-state index contributed by atoms with van der Waals surface area (Å²) in [6, 6.07) is 9.26. The van der Waals surface area contributed by atoms with Gasteiger partial charge in [-0.2, -0.15) is 0 Å². The maximum absolute atomic E-state index is 12.1. The summed E-state index contributed by atoms with van der Waals surface area (Å²) in [6.07, 6.45) is 0. The molecule has 0 spiro atoms. The molecule has 0 heterocycles. The van der Waals surface area contributed by atoms with Gasteiger partial charge < -0.3 is 9.47 Å². The van der Waals surface area contributed by atoms with E-state index in [-0.39, 0.29) is 13.2 Å². The lowest BCUT2D eigenvalue weighted by Crippen LogP contribution is -2.52. The monoisotopic (exact) mass is 298 g/mol. The molecule has 0 radical (unpaired) electrons. The second kappa shape index (κ2) is 7.41. The molecule has 1 rings (SSSR count). The van der Waals surface area contributed by atoms with Gasteiger partial charge in [0.1, 0.15) is 0 Å². The molecule has 110 valence electrons. The number of halogens is 1. The van der Waals surface area contributed by atoms with Gasteiger partial charge in [-0.15, -0.1) is 0 Å². The topological polar surface area (TPSA) is 52.6 Å². The molecule has 0 aromatic heterocycles. The first kappa shape index (κ1) is 16.7. The zero-order chi connectivity index (χ0) is 15.2. The lowest BCUT2D eigenvalue weighted by Gasteiger charge is -2.31. The fourth-order valence-corrected chi connectivity index (χ4v) is 2.18. The maximum Gasteiger partial charge on any atom is 0.347 e. The molecule has 1 aromatic rings. The van der Waals surface area contributed by atoms with Crippen molar-refractivity contribution in [3.05, 3.63) is 35.9 Å². The molecule has 5 heteroatoms. The smallest absolute Gasteiger partial charge is 0.347 e. The zero-order valence-electron chi connectivity index (χ0n) is 11.9. The van der Waals surface area contributed by atoms with Crippen LogP contribution in [-0.4, -0.2) is 23.4 Å². The molecule has 0 saturated heterocycles. The van der Waals surface area contributed by atoms with Crippen molar-refractivity contribution in [1.29, 1.82) is 0 Å². The number of carbonyl (C=O) groups is 2. The number of esters is 1. The molecular weight excluding hydrogens is 280 g/mol. The van der Waals surface area contributed by atoms with Crippen LogP contribution in [0, 0.1) is 5.92 Å². The van der Waals surface area contributed by atoms with Crippen LogP contribution < -0.4 is 0 Å². The highest BCUT2D eigenvalue weighted by molar-refractivity contribution is 6.67. The average molecular weight is 299 g/mol. The van der Waals surface area contributed by atoms with E-state index in [1.54, 1.807) is 20.8 Å². The lowest BCUT2D eigenvalue weighted by molar-refractivity contribution is -0.182. The molecule has 0 aliphatic carbocycles. The Hall–Kier alpha value is -1.39. The highest BCUT2D eigenvalue weighted by atomic mass is 35.5. The van der Waals surface area contributed by atoms with Crippen molar-refractivity contribution in [3.63, 3.8) is 0 Å². The van der Waals surface area contributed by atoms with E-state index < -0.39 is 22.7 Å². The van der Waals surface area contributed by atoms with E-state index in [0.29, 0.717) is 0 Å². The Morgan fingerprint density at radius 2 is 1.85 bits per heavy atom. The van der Waals surface area contributed by atoms with Gasteiger partial charge in [-0.1, -0.05) is 44.2 Å². The van der Waals surface area contributed by atoms with Crippen molar-refractivity contribution >= 4 is 22.8 Å². The first-order valence-electron chi connectivity index (χ1n) is 6.50. The lowest BCUT2D eigenvalue weighted by atomic mass is 9.91. The van der Waals surface area contributed by atoms with Crippen LogP contribution in [0.3, 0.4) is 0 Å². The summed E-state index contributed by atoms with van der Waals surface area (Å²) >= 11 is 5.63. The number of ether oxygens (including phenoxy) is 2. The minimum Gasteiger partial charge on any atom is -0.463 e. The van der Waals surface area contributed by atoms with E-state index in [9.17, 15) is 9.59 Å². The summed E-state index contributed by atoms with van der Waals surface area (Å²) < 4.78 is 10.5. The Morgan fingerprint density at radius 1 is 1.25 bits per heavy atom. The van der Waals surface area contributed by atoms with Gasteiger partial charge in [0.25, 0.3) is 5.24 Å². The third kappa shape index (κ3) is 3.58. The molecule has 1 aromatic carbocycles. The van der Waals surface area contributed by atoms with Gasteiger partial charge in [0.15, 0.2) is 0 Å². The summed E-state index contributed by atoms with van der Waals surface area (Å²) in [7, 11) is 0. The largest absolute Gasteiger partial charge is 0.463 e. The van der Waals surface area contributed by atoms with Crippen LogP contribution in [0.25, 0.3) is 0 Å². The summed E-state index contributed by atoms with van der Waals surface area (Å²) in [5, 5.41) is -0.859. The molecule has 0 bridgehead atoms.